The Bertz CT molecular complexity index is 492. The van der Waals surface area contributed by atoms with E-state index >= 15 is 0 Å². The van der Waals surface area contributed by atoms with Crippen molar-refractivity contribution in [1.82, 2.24) is 5.32 Å². The average molecular weight is 264 g/mol. The lowest BCUT2D eigenvalue weighted by molar-refractivity contribution is 0.382. The first-order chi connectivity index (χ1) is 8.72. The SMILES string of the molecule is COc1ccc(CS(=O)CC2CNC2)cc1C#N. The second-order valence-electron chi connectivity index (χ2n) is 4.42. The Morgan fingerprint density at radius 1 is 1.56 bits per heavy atom. The van der Waals surface area contributed by atoms with Crippen molar-refractivity contribution in [2.24, 2.45) is 5.92 Å². The van der Waals surface area contributed by atoms with Crippen LogP contribution in [0.2, 0.25) is 0 Å². The summed E-state index contributed by atoms with van der Waals surface area (Å²) >= 11 is 0. The Morgan fingerprint density at radius 3 is 2.89 bits per heavy atom. The van der Waals surface area contributed by atoms with Crippen molar-refractivity contribution in [3.05, 3.63) is 29.3 Å². The van der Waals surface area contributed by atoms with E-state index in [-0.39, 0.29) is 0 Å². The van der Waals surface area contributed by atoms with E-state index in [1.165, 1.54) is 7.11 Å². The molecule has 0 spiro atoms. The highest BCUT2D eigenvalue weighted by Gasteiger charge is 2.19. The molecule has 18 heavy (non-hydrogen) atoms. The highest BCUT2D eigenvalue weighted by molar-refractivity contribution is 7.84. The number of nitrogens with zero attached hydrogens (tertiary/aromatic N) is 1. The van der Waals surface area contributed by atoms with Gasteiger partial charge in [-0.3, -0.25) is 4.21 Å². The van der Waals surface area contributed by atoms with Gasteiger partial charge in [-0.05, 0) is 23.6 Å². The first-order valence-corrected chi connectivity index (χ1v) is 7.34. The van der Waals surface area contributed by atoms with Gasteiger partial charge in [0, 0.05) is 35.4 Å². The molecule has 0 bridgehead atoms. The van der Waals surface area contributed by atoms with E-state index in [1.807, 2.05) is 6.07 Å². The molecule has 1 aromatic rings. The number of methoxy groups -OCH3 is 1. The highest BCUT2D eigenvalue weighted by atomic mass is 32.2. The van der Waals surface area contributed by atoms with Gasteiger partial charge in [0.15, 0.2) is 0 Å². The zero-order valence-corrected chi connectivity index (χ0v) is 11.1. The molecule has 0 saturated carbocycles. The van der Waals surface area contributed by atoms with Crippen LogP contribution < -0.4 is 10.1 Å². The fourth-order valence-electron chi connectivity index (χ4n) is 1.91. The van der Waals surface area contributed by atoms with Crippen molar-refractivity contribution >= 4 is 10.8 Å². The molecule has 1 aliphatic heterocycles. The summed E-state index contributed by atoms with van der Waals surface area (Å²) in [6.07, 6.45) is 0. The lowest BCUT2D eigenvalue weighted by Gasteiger charge is -2.26. The third-order valence-corrected chi connectivity index (χ3v) is 4.50. The van der Waals surface area contributed by atoms with Crippen LogP contribution in [0.25, 0.3) is 0 Å². The Hall–Kier alpha value is -1.38. The van der Waals surface area contributed by atoms with Gasteiger partial charge in [-0.15, -0.1) is 0 Å². The van der Waals surface area contributed by atoms with Crippen LogP contribution in [0.5, 0.6) is 5.75 Å². The van der Waals surface area contributed by atoms with Crippen LogP contribution in [-0.2, 0) is 16.6 Å². The molecule has 1 saturated heterocycles. The Kier molecular flexibility index (Phi) is 4.34. The second kappa shape index (κ2) is 5.98. The summed E-state index contributed by atoms with van der Waals surface area (Å²) in [6.45, 7) is 1.94. The minimum atomic E-state index is -0.859. The van der Waals surface area contributed by atoms with Crippen LogP contribution in [-0.4, -0.2) is 30.2 Å². The standard InChI is InChI=1S/C13H16N2O2S/c1-17-13-3-2-10(4-12(13)5-14)8-18(16)9-11-6-15-7-11/h2-4,11,15H,6-9H2,1H3. The van der Waals surface area contributed by atoms with Crippen molar-refractivity contribution in [1.29, 1.82) is 5.26 Å². The molecular formula is C13H16N2O2S. The number of hydrogen-bond donors (Lipinski definition) is 1. The molecule has 0 amide bonds. The molecule has 2 rings (SSSR count). The normalized spacial score (nSPS) is 16.7. The van der Waals surface area contributed by atoms with Crippen LogP contribution in [0.4, 0.5) is 0 Å². The molecule has 1 atom stereocenters. The molecule has 4 nitrogen and oxygen atoms in total. The smallest absolute Gasteiger partial charge is 0.136 e. The average Bonchev–Trinajstić information content (AvgIpc) is 2.33. The summed E-state index contributed by atoms with van der Waals surface area (Å²) in [5, 5.41) is 12.2. The van der Waals surface area contributed by atoms with Crippen molar-refractivity contribution in [2.45, 2.75) is 5.75 Å². The number of nitriles is 1. The molecule has 1 aliphatic rings. The molecule has 0 radical (unpaired) electrons. The molecule has 1 N–H and O–H groups in total. The van der Waals surface area contributed by atoms with Gasteiger partial charge < -0.3 is 10.1 Å². The van der Waals surface area contributed by atoms with Crippen molar-refractivity contribution < 1.29 is 8.95 Å². The Labute approximate surface area is 109 Å². The fourth-order valence-corrected chi connectivity index (χ4v) is 3.34. The molecule has 0 aliphatic carbocycles. The lowest BCUT2D eigenvalue weighted by atomic mass is 10.1. The summed E-state index contributed by atoms with van der Waals surface area (Å²) in [5.74, 6) is 2.35. The minimum absolute atomic E-state index is 0.498. The minimum Gasteiger partial charge on any atom is -0.495 e. The molecule has 0 aromatic heterocycles. The number of ether oxygens (including phenoxy) is 1. The molecule has 1 heterocycles. The van der Waals surface area contributed by atoms with Crippen molar-refractivity contribution in [3.63, 3.8) is 0 Å². The maximum Gasteiger partial charge on any atom is 0.136 e. The monoisotopic (exact) mass is 264 g/mol. The first kappa shape index (κ1) is 13.1. The van der Waals surface area contributed by atoms with Crippen LogP contribution in [0, 0.1) is 17.2 Å². The molecule has 1 fully saturated rings. The van der Waals surface area contributed by atoms with Gasteiger partial charge >= 0.3 is 0 Å². The number of nitrogens with one attached hydrogen (secondary N) is 1. The molecule has 1 aromatic carbocycles. The van der Waals surface area contributed by atoms with Gasteiger partial charge in [0.05, 0.1) is 12.7 Å². The van der Waals surface area contributed by atoms with Crippen molar-refractivity contribution in [2.75, 3.05) is 26.0 Å². The van der Waals surface area contributed by atoms with Crippen molar-refractivity contribution in [3.8, 4) is 11.8 Å². The number of hydrogen-bond acceptors (Lipinski definition) is 4. The van der Waals surface area contributed by atoms with Gasteiger partial charge in [0.1, 0.15) is 11.8 Å². The van der Waals surface area contributed by atoms with Crippen LogP contribution in [0.15, 0.2) is 18.2 Å². The summed E-state index contributed by atoms with van der Waals surface area (Å²) in [4.78, 5) is 0. The predicted molar refractivity (Wildman–Crippen MR) is 70.8 cm³/mol. The van der Waals surface area contributed by atoms with E-state index in [2.05, 4.69) is 11.4 Å². The first-order valence-electron chi connectivity index (χ1n) is 5.85. The van der Waals surface area contributed by atoms with E-state index in [1.54, 1.807) is 12.1 Å². The van der Waals surface area contributed by atoms with Crippen LogP contribution in [0.1, 0.15) is 11.1 Å². The largest absolute Gasteiger partial charge is 0.495 e. The summed E-state index contributed by atoms with van der Waals surface area (Å²) in [7, 11) is 0.681. The van der Waals surface area contributed by atoms with Gasteiger partial charge in [-0.25, -0.2) is 0 Å². The lowest BCUT2D eigenvalue weighted by Crippen LogP contribution is -2.44. The van der Waals surface area contributed by atoms with Crippen LogP contribution in [0.3, 0.4) is 0 Å². The second-order valence-corrected chi connectivity index (χ2v) is 5.92. The van der Waals surface area contributed by atoms with Gasteiger partial charge in [0.25, 0.3) is 0 Å². The third kappa shape index (κ3) is 3.09. The summed E-state index contributed by atoms with van der Waals surface area (Å²) < 4.78 is 17.0. The third-order valence-electron chi connectivity index (χ3n) is 3.00. The number of rotatable bonds is 5. The Morgan fingerprint density at radius 2 is 2.33 bits per heavy atom. The zero-order chi connectivity index (χ0) is 13.0. The maximum absolute atomic E-state index is 11.9. The van der Waals surface area contributed by atoms with Crippen LogP contribution >= 0.6 is 0 Å². The summed E-state index contributed by atoms with van der Waals surface area (Å²) in [6, 6.07) is 7.48. The predicted octanol–water partition coefficient (Wildman–Crippen LogP) is 1.03. The van der Waals surface area contributed by atoms with E-state index in [0.29, 0.717) is 23.0 Å². The molecule has 1 unspecified atom stereocenters. The van der Waals surface area contributed by atoms with Gasteiger partial charge in [0.2, 0.25) is 0 Å². The molecule has 96 valence electrons. The fraction of sp³-hybridized carbons (Fsp3) is 0.462. The molecule has 5 heteroatoms. The van der Waals surface area contributed by atoms with Gasteiger partial charge in [-0.2, -0.15) is 5.26 Å². The maximum atomic E-state index is 11.9. The van der Waals surface area contributed by atoms with E-state index in [0.717, 1.165) is 24.4 Å². The van der Waals surface area contributed by atoms with E-state index in [4.69, 9.17) is 10.00 Å². The zero-order valence-electron chi connectivity index (χ0n) is 10.3. The molecular weight excluding hydrogens is 248 g/mol. The Balaban J connectivity index is 2.00. The topological polar surface area (TPSA) is 62.1 Å². The van der Waals surface area contributed by atoms with E-state index in [9.17, 15) is 4.21 Å². The number of benzene rings is 1. The van der Waals surface area contributed by atoms with Gasteiger partial charge in [-0.1, -0.05) is 6.07 Å². The highest BCUT2D eigenvalue weighted by Crippen LogP contribution is 2.20. The van der Waals surface area contributed by atoms with E-state index < -0.39 is 10.8 Å². The summed E-state index contributed by atoms with van der Waals surface area (Å²) in [5.41, 5.74) is 1.43. The quantitative estimate of drug-likeness (QED) is 0.863.